The summed E-state index contributed by atoms with van der Waals surface area (Å²) in [6.07, 6.45) is 1.40. The quantitative estimate of drug-likeness (QED) is 0.692. The van der Waals surface area contributed by atoms with E-state index in [4.69, 9.17) is 4.74 Å². The van der Waals surface area contributed by atoms with E-state index in [2.05, 4.69) is 0 Å². The van der Waals surface area contributed by atoms with Gasteiger partial charge in [0, 0.05) is 5.56 Å². The normalized spacial score (nSPS) is 12.2. The molecule has 3 heteroatoms. The molecule has 0 N–H and O–H groups in total. The second-order valence-corrected chi connectivity index (χ2v) is 3.14. The molecule has 1 aromatic carbocycles. The molecule has 76 valence electrons. The van der Waals surface area contributed by atoms with Crippen LogP contribution in [0.25, 0.3) is 0 Å². The number of ether oxygens (including phenoxy) is 1. The van der Waals surface area contributed by atoms with Crippen LogP contribution >= 0.6 is 0 Å². The molecule has 0 aliphatic heterocycles. The molecule has 14 heavy (non-hydrogen) atoms. The highest BCUT2D eigenvalue weighted by Crippen LogP contribution is 2.19. The Hall–Kier alpha value is -1.38. The van der Waals surface area contributed by atoms with Crippen LogP contribution in [0.3, 0.4) is 0 Å². The fourth-order valence-corrected chi connectivity index (χ4v) is 0.986. The van der Waals surface area contributed by atoms with Gasteiger partial charge in [0.05, 0.1) is 6.10 Å². The Bertz CT molecular complexity index is 323. The van der Waals surface area contributed by atoms with Crippen LogP contribution in [0.2, 0.25) is 0 Å². The van der Waals surface area contributed by atoms with Crippen molar-refractivity contribution in [3.63, 3.8) is 0 Å². The molecule has 1 rings (SSSR count). The Morgan fingerprint density at radius 3 is 2.79 bits per heavy atom. The zero-order valence-corrected chi connectivity index (χ0v) is 8.29. The minimum atomic E-state index is -0.491. The third-order valence-electron chi connectivity index (χ3n) is 2.00. The second-order valence-electron chi connectivity index (χ2n) is 3.14. The van der Waals surface area contributed by atoms with E-state index in [1.807, 2.05) is 13.8 Å². The zero-order valence-electron chi connectivity index (χ0n) is 8.29. The summed E-state index contributed by atoms with van der Waals surface area (Å²) in [4.78, 5) is 10.3. The molecule has 1 aromatic rings. The maximum Gasteiger partial charge on any atom is 0.165 e. The Kier molecular flexibility index (Phi) is 3.63. The van der Waals surface area contributed by atoms with E-state index in [9.17, 15) is 9.18 Å². The number of halogens is 1. The Balaban J connectivity index is 2.83. The van der Waals surface area contributed by atoms with E-state index in [1.54, 1.807) is 0 Å². The number of hydrogen-bond donors (Lipinski definition) is 0. The molecule has 0 spiro atoms. The molecule has 0 saturated heterocycles. The van der Waals surface area contributed by atoms with Gasteiger partial charge in [0.15, 0.2) is 11.6 Å². The van der Waals surface area contributed by atoms with Gasteiger partial charge in [0.25, 0.3) is 0 Å². The first-order chi connectivity index (χ1) is 6.67. The van der Waals surface area contributed by atoms with Crippen LogP contribution in [-0.2, 0) is 0 Å². The lowest BCUT2D eigenvalue weighted by atomic mass is 10.2. The molecular formula is C11H13FO2. The topological polar surface area (TPSA) is 26.3 Å². The van der Waals surface area contributed by atoms with Crippen LogP contribution < -0.4 is 4.74 Å². The van der Waals surface area contributed by atoms with Gasteiger partial charge in [-0.25, -0.2) is 4.39 Å². The average Bonchev–Trinajstić information content (AvgIpc) is 2.20. The van der Waals surface area contributed by atoms with E-state index in [-0.39, 0.29) is 11.9 Å². The van der Waals surface area contributed by atoms with Crippen molar-refractivity contribution >= 4 is 6.29 Å². The highest BCUT2D eigenvalue weighted by atomic mass is 19.1. The molecule has 0 bridgehead atoms. The van der Waals surface area contributed by atoms with Gasteiger partial charge in [-0.15, -0.1) is 0 Å². The van der Waals surface area contributed by atoms with Crippen molar-refractivity contribution in [1.29, 1.82) is 0 Å². The molecule has 0 radical (unpaired) electrons. The van der Waals surface area contributed by atoms with Crippen LogP contribution in [-0.4, -0.2) is 12.4 Å². The van der Waals surface area contributed by atoms with Gasteiger partial charge in [-0.3, -0.25) is 4.79 Å². The van der Waals surface area contributed by atoms with Gasteiger partial charge >= 0.3 is 0 Å². The van der Waals surface area contributed by atoms with Gasteiger partial charge in [-0.2, -0.15) is 0 Å². The fourth-order valence-electron chi connectivity index (χ4n) is 0.986. The first-order valence-electron chi connectivity index (χ1n) is 4.58. The van der Waals surface area contributed by atoms with Crippen molar-refractivity contribution in [2.75, 3.05) is 0 Å². The lowest BCUT2D eigenvalue weighted by molar-refractivity contribution is 0.112. The maximum absolute atomic E-state index is 13.2. The van der Waals surface area contributed by atoms with Crippen LogP contribution in [0.1, 0.15) is 30.6 Å². The molecule has 0 aromatic heterocycles. The van der Waals surface area contributed by atoms with Crippen LogP contribution in [0.15, 0.2) is 18.2 Å². The molecule has 0 aliphatic carbocycles. The first-order valence-corrected chi connectivity index (χ1v) is 4.58. The molecule has 1 unspecified atom stereocenters. The zero-order chi connectivity index (χ0) is 10.6. The minimum absolute atomic E-state index is 0.0217. The van der Waals surface area contributed by atoms with E-state index >= 15 is 0 Å². The highest BCUT2D eigenvalue weighted by molar-refractivity contribution is 5.74. The van der Waals surface area contributed by atoms with Gasteiger partial charge < -0.3 is 4.74 Å². The smallest absolute Gasteiger partial charge is 0.165 e. The molecule has 0 heterocycles. The highest BCUT2D eigenvalue weighted by Gasteiger charge is 2.07. The summed E-state index contributed by atoms with van der Waals surface area (Å²) in [6.45, 7) is 3.83. The average molecular weight is 196 g/mol. The number of benzene rings is 1. The SMILES string of the molecule is CCC(C)Oc1ccc(C=O)cc1F. The van der Waals surface area contributed by atoms with Crippen molar-refractivity contribution in [2.24, 2.45) is 0 Å². The third-order valence-corrected chi connectivity index (χ3v) is 2.00. The molecule has 2 nitrogen and oxygen atoms in total. The largest absolute Gasteiger partial charge is 0.488 e. The lowest BCUT2D eigenvalue weighted by Crippen LogP contribution is -2.10. The fraction of sp³-hybridized carbons (Fsp3) is 0.364. The number of hydrogen-bond acceptors (Lipinski definition) is 2. The van der Waals surface area contributed by atoms with Crippen molar-refractivity contribution in [3.8, 4) is 5.75 Å². The molecule has 0 aliphatic rings. The summed E-state index contributed by atoms with van der Waals surface area (Å²) in [5, 5.41) is 0. The molecular weight excluding hydrogens is 183 g/mol. The predicted molar refractivity (Wildman–Crippen MR) is 52.2 cm³/mol. The number of carbonyl (C=O) groups excluding carboxylic acids is 1. The maximum atomic E-state index is 13.2. The molecule has 0 fully saturated rings. The number of carbonyl (C=O) groups is 1. The van der Waals surface area contributed by atoms with Crippen molar-refractivity contribution in [3.05, 3.63) is 29.6 Å². The number of rotatable bonds is 4. The summed E-state index contributed by atoms with van der Waals surface area (Å²) in [5.74, 6) is -0.292. The lowest BCUT2D eigenvalue weighted by Gasteiger charge is -2.12. The minimum Gasteiger partial charge on any atom is -0.488 e. The number of aldehydes is 1. The second kappa shape index (κ2) is 4.74. The molecule has 0 amide bonds. The Morgan fingerprint density at radius 1 is 1.57 bits per heavy atom. The van der Waals surface area contributed by atoms with Crippen LogP contribution in [0.5, 0.6) is 5.75 Å². The van der Waals surface area contributed by atoms with Crippen LogP contribution in [0, 0.1) is 5.82 Å². The summed E-state index contributed by atoms with van der Waals surface area (Å²) < 4.78 is 18.6. The van der Waals surface area contributed by atoms with Gasteiger partial charge in [0.1, 0.15) is 6.29 Å². The van der Waals surface area contributed by atoms with Crippen molar-refractivity contribution in [2.45, 2.75) is 26.4 Å². The summed E-state index contributed by atoms with van der Waals surface area (Å²) in [5.41, 5.74) is 0.319. The first kappa shape index (κ1) is 10.7. The van der Waals surface area contributed by atoms with Gasteiger partial charge in [-0.1, -0.05) is 6.92 Å². The van der Waals surface area contributed by atoms with Gasteiger partial charge in [-0.05, 0) is 31.5 Å². The molecule has 0 saturated carbocycles. The van der Waals surface area contributed by atoms with E-state index in [0.29, 0.717) is 11.8 Å². The summed E-state index contributed by atoms with van der Waals surface area (Å²) in [7, 11) is 0. The van der Waals surface area contributed by atoms with E-state index in [1.165, 1.54) is 18.2 Å². The Morgan fingerprint density at radius 2 is 2.29 bits per heavy atom. The Labute approximate surface area is 82.7 Å². The van der Waals surface area contributed by atoms with Crippen molar-refractivity contribution < 1.29 is 13.9 Å². The predicted octanol–water partition coefficient (Wildman–Crippen LogP) is 2.82. The summed E-state index contributed by atoms with van der Waals surface area (Å²) >= 11 is 0. The standard InChI is InChI=1S/C11H13FO2/c1-3-8(2)14-11-5-4-9(7-13)6-10(11)12/h4-8H,3H2,1-2H3. The molecule has 1 atom stereocenters. The van der Waals surface area contributed by atoms with Gasteiger partial charge in [0.2, 0.25) is 0 Å². The van der Waals surface area contributed by atoms with E-state index < -0.39 is 5.82 Å². The van der Waals surface area contributed by atoms with Crippen LogP contribution in [0.4, 0.5) is 4.39 Å². The monoisotopic (exact) mass is 196 g/mol. The third kappa shape index (κ3) is 2.55. The summed E-state index contributed by atoms with van der Waals surface area (Å²) in [6, 6.07) is 4.18. The van der Waals surface area contributed by atoms with Crippen molar-refractivity contribution in [1.82, 2.24) is 0 Å². The van der Waals surface area contributed by atoms with E-state index in [0.717, 1.165) is 6.42 Å².